The van der Waals surface area contributed by atoms with Gasteiger partial charge in [-0.05, 0) is 25.7 Å². The van der Waals surface area contributed by atoms with Crippen LogP contribution >= 0.6 is 0 Å². The van der Waals surface area contributed by atoms with Crippen molar-refractivity contribution in [2.45, 2.75) is 45.5 Å². The Kier molecular flexibility index (Phi) is 7.71. The summed E-state index contributed by atoms with van der Waals surface area (Å²) in [6, 6.07) is 0. The van der Waals surface area contributed by atoms with Crippen molar-refractivity contribution >= 4 is 23.1 Å². The Labute approximate surface area is 193 Å². The third kappa shape index (κ3) is 5.27. The number of anilines is 1. The lowest BCUT2D eigenvalue weighted by molar-refractivity contribution is -0.192. The van der Waals surface area contributed by atoms with E-state index in [1.165, 1.54) is 11.0 Å². The second kappa shape index (κ2) is 10.3. The van der Waals surface area contributed by atoms with Crippen molar-refractivity contribution in [2.75, 3.05) is 31.1 Å². The van der Waals surface area contributed by atoms with Gasteiger partial charge in [0.05, 0.1) is 6.54 Å². The molecule has 186 valence electrons. The van der Waals surface area contributed by atoms with Crippen LogP contribution in [-0.4, -0.2) is 62.1 Å². The largest absolute Gasteiger partial charge is 0.490 e. The Morgan fingerprint density at radius 3 is 2.32 bits per heavy atom. The zero-order valence-corrected chi connectivity index (χ0v) is 19.0. The molecule has 0 aromatic carbocycles. The van der Waals surface area contributed by atoms with E-state index in [2.05, 4.69) is 22.1 Å². The molecule has 0 bridgehead atoms. The topological polar surface area (TPSA) is 114 Å². The number of fused-ring (bicyclic) bond motifs is 1. The summed E-state index contributed by atoms with van der Waals surface area (Å²) in [5, 5.41) is 10.5. The van der Waals surface area contributed by atoms with Crippen LogP contribution in [0.3, 0.4) is 0 Å². The first-order valence-corrected chi connectivity index (χ1v) is 10.9. The number of nitrogens with zero attached hydrogens (tertiary/aromatic N) is 5. The van der Waals surface area contributed by atoms with Gasteiger partial charge < -0.3 is 15.3 Å². The molecule has 0 atom stereocenters. The first-order valence-electron chi connectivity index (χ1n) is 10.9. The molecule has 1 aliphatic heterocycles. The molecule has 10 nitrogen and oxygen atoms in total. The Hall–Kier alpha value is -3.27. The number of nitrogens with one attached hydrogen (secondary N) is 1. The van der Waals surface area contributed by atoms with E-state index in [1.54, 1.807) is 18.5 Å². The highest BCUT2D eigenvalue weighted by Gasteiger charge is 2.38. The molecule has 1 aliphatic carbocycles. The maximum atomic E-state index is 13.0. The molecule has 0 spiro atoms. The van der Waals surface area contributed by atoms with Gasteiger partial charge in [-0.2, -0.15) is 18.2 Å². The van der Waals surface area contributed by atoms with Crippen LogP contribution in [0.15, 0.2) is 9.59 Å². The van der Waals surface area contributed by atoms with E-state index in [4.69, 9.17) is 14.9 Å². The fourth-order valence-electron chi connectivity index (χ4n) is 3.86. The Balaban J connectivity index is 0.000000406. The molecule has 1 saturated carbocycles. The molecule has 4 rings (SSSR count). The maximum absolute atomic E-state index is 13.0. The van der Waals surface area contributed by atoms with E-state index in [0.29, 0.717) is 30.2 Å². The van der Waals surface area contributed by atoms with Crippen LogP contribution in [0.25, 0.3) is 11.2 Å². The second-order valence-corrected chi connectivity index (χ2v) is 8.19. The average Bonchev–Trinajstić information content (AvgIpc) is 3.14. The third-order valence-corrected chi connectivity index (χ3v) is 5.93. The molecule has 1 saturated heterocycles. The minimum Gasteiger partial charge on any atom is -0.475 e. The van der Waals surface area contributed by atoms with Gasteiger partial charge in [0, 0.05) is 39.8 Å². The smallest absolute Gasteiger partial charge is 0.475 e. The number of hydrogen-bond donors (Lipinski definition) is 2. The van der Waals surface area contributed by atoms with Crippen molar-refractivity contribution in [1.29, 1.82) is 0 Å². The van der Waals surface area contributed by atoms with Crippen LogP contribution in [0.2, 0.25) is 0 Å². The quantitative estimate of drug-likeness (QED) is 0.616. The van der Waals surface area contributed by atoms with E-state index in [1.807, 2.05) is 4.57 Å². The van der Waals surface area contributed by atoms with Crippen LogP contribution < -0.4 is 21.5 Å². The van der Waals surface area contributed by atoms with Crippen molar-refractivity contribution in [3.63, 3.8) is 0 Å². The molecule has 2 fully saturated rings. The van der Waals surface area contributed by atoms with E-state index >= 15 is 0 Å². The molecule has 2 aromatic heterocycles. The highest BCUT2D eigenvalue weighted by atomic mass is 19.4. The summed E-state index contributed by atoms with van der Waals surface area (Å²) in [5.74, 6) is 4.44. The number of hydrogen-bond acceptors (Lipinski definition) is 6. The number of carboxylic acids is 1. The van der Waals surface area contributed by atoms with Gasteiger partial charge in [0.25, 0.3) is 5.56 Å². The van der Waals surface area contributed by atoms with Gasteiger partial charge in [-0.3, -0.25) is 18.5 Å². The number of carboxylic acid groups (broad SMARTS) is 1. The predicted octanol–water partition coefficient (Wildman–Crippen LogP) is 0.763. The van der Waals surface area contributed by atoms with Crippen molar-refractivity contribution in [1.82, 2.24) is 24.0 Å². The lowest BCUT2D eigenvalue weighted by Crippen LogP contribution is -2.44. The zero-order valence-electron chi connectivity index (χ0n) is 19.0. The number of aromatic nitrogens is 4. The van der Waals surface area contributed by atoms with E-state index in [-0.39, 0.29) is 11.2 Å². The summed E-state index contributed by atoms with van der Waals surface area (Å²) in [5.41, 5.74) is 0.401. The van der Waals surface area contributed by atoms with Gasteiger partial charge in [0.2, 0.25) is 5.95 Å². The summed E-state index contributed by atoms with van der Waals surface area (Å²) >= 11 is 0. The standard InChI is InChI=1S/C19H26N6O2.C2HF3O2/c1-3-4-10-24-15-16(21-18(24)23-11-8-20-9-12-23)25(13-14-6-5-7-14)19(27)22(2)17(15)26;3-2(4,5)1(6)7/h14,20H,5-13H2,1-2H3;(H,6,7). The minimum atomic E-state index is -5.08. The number of piperazine rings is 1. The first kappa shape index (κ1) is 25.4. The van der Waals surface area contributed by atoms with E-state index in [9.17, 15) is 22.8 Å². The normalized spacial score (nSPS) is 16.3. The zero-order chi connectivity index (χ0) is 25.0. The number of halogens is 3. The number of aliphatic carboxylic acids is 1. The average molecular weight is 484 g/mol. The second-order valence-electron chi connectivity index (χ2n) is 8.19. The molecule has 0 amide bonds. The maximum Gasteiger partial charge on any atom is 0.490 e. The van der Waals surface area contributed by atoms with Gasteiger partial charge in [-0.1, -0.05) is 12.3 Å². The minimum absolute atomic E-state index is 0.280. The van der Waals surface area contributed by atoms with Gasteiger partial charge in [0.15, 0.2) is 11.2 Å². The lowest BCUT2D eigenvalue weighted by Gasteiger charge is -2.28. The van der Waals surface area contributed by atoms with Crippen molar-refractivity contribution in [3.8, 4) is 11.8 Å². The third-order valence-electron chi connectivity index (χ3n) is 5.93. The fraction of sp³-hybridized carbons (Fsp3) is 0.619. The predicted molar refractivity (Wildman–Crippen MR) is 119 cm³/mol. The fourth-order valence-corrected chi connectivity index (χ4v) is 3.86. The molecule has 13 heteroatoms. The number of alkyl halides is 3. The molecule has 3 heterocycles. The van der Waals surface area contributed by atoms with Crippen LogP contribution in [0, 0.1) is 17.8 Å². The van der Waals surface area contributed by atoms with Crippen molar-refractivity contribution in [3.05, 3.63) is 20.8 Å². The summed E-state index contributed by atoms with van der Waals surface area (Å²) in [6.45, 7) is 6.18. The van der Waals surface area contributed by atoms with Crippen LogP contribution in [-0.2, 0) is 24.9 Å². The highest BCUT2D eigenvalue weighted by molar-refractivity contribution is 5.75. The van der Waals surface area contributed by atoms with Gasteiger partial charge in [-0.25, -0.2) is 9.59 Å². The van der Waals surface area contributed by atoms with E-state index in [0.717, 1.165) is 45.0 Å². The summed E-state index contributed by atoms with van der Waals surface area (Å²) in [7, 11) is 1.55. The Morgan fingerprint density at radius 1 is 1.21 bits per heavy atom. The van der Waals surface area contributed by atoms with Gasteiger partial charge >= 0.3 is 17.8 Å². The van der Waals surface area contributed by atoms with E-state index < -0.39 is 12.1 Å². The molecular weight excluding hydrogens is 457 g/mol. The highest BCUT2D eigenvalue weighted by Crippen LogP contribution is 2.28. The molecule has 0 radical (unpaired) electrons. The van der Waals surface area contributed by atoms with Gasteiger partial charge in [-0.15, -0.1) is 5.92 Å². The molecule has 0 unspecified atom stereocenters. The Morgan fingerprint density at radius 2 is 1.82 bits per heavy atom. The van der Waals surface area contributed by atoms with Crippen LogP contribution in [0.4, 0.5) is 19.1 Å². The monoisotopic (exact) mass is 484 g/mol. The van der Waals surface area contributed by atoms with Crippen molar-refractivity contribution < 1.29 is 23.1 Å². The molecule has 2 N–H and O–H groups in total. The summed E-state index contributed by atoms with van der Waals surface area (Å²) in [6.07, 6.45) is -1.62. The Bertz CT molecular complexity index is 1220. The van der Waals surface area contributed by atoms with Crippen LogP contribution in [0.1, 0.15) is 26.2 Å². The van der Waals surface area contributed by atoms with Crippen molar-refractivity contribution in [2.24, 2.45) is 13.0 Å². The molecule has 2 aromatic rings. The number of carbonyl (C=O) groups is 1. The first-order chi connectivity index (χ1) is 16.1. The van der Waals surface area contributed by atoms with Crippen LogP contribution in [0.5, 0.6) is 0 Å². The summed E-state index contributed by atoms with van der Waals surface area (Å²) < 4.78 is 36.5. The van der Waals surface area contributed by atoms with Gasteiger partial charge in [0.1, 0.15) is 0 Å². The molecule has 34 heavy (non-hydrogen) atoms. The number of imidazole rings is 1. The number of rotatable bonds is 4. The molecular formula is C21H27F3N6O4. The SMILES string of the molecule is CC#CCn1c(N2CCNCC2)nc2c1c(=O)n(C)c(=O)n2CC1CCC1.O=C(O)C(F)(F)F. The summed E-state index contributed by atoms with van der Waals surface area (Å²) in [4.78, 5) is 41.6. The lowest BCUT2D eigenvalue weighted by atomic mass is 9.85. The molecule has 2 aliphatic rings.